The Morgan fingerprint density at radius 3 is 3.08 bits per heavy atom. The van der Waals surface area contributed by atoms with Gasteiger partial charge in [-0.1, -0.05) is 19.9 Å². The number of benzene rings is 1. The predicted octanol–water partition coefficient (Wildman–Crippen LogP) is 2.59. The summed E-state index contributed by atoms with van der Waals surface area (Å²) in [6, 6.07) is 8.70. The fourth-order valence-electron chi connectivity index (χ4n) is 3.30. The summed E-state index contributed by atoms with van der Waals surface area (Å²) in [5.74, 6) is 2.21. The standard InChI is InChI=1S/C19H24N6/c1-13(2)17-12-25(8-7-21-17)19-22-6-5-18(24-19)23-16-4-3-14-10-20-11-15(14)9-16/h3-6,9,11,13,17,21H,7-8,10,12H2,1-2H3,(H,22,23,24). The third-order valence-electron chi connectivity index (χ3n) is 4.85. The van der Waals surface area contributed by atoms with Crippen LogP contribution in [-0.2, 0) is 6.54 Å². The van der Waals surface area contributed by atoms with Crippen molar-refractivity contribution in [3.63, 3.8) is 0 Å². The van der Waals surface area contributed by atoms with Gasteiger partial charge in [0.25, 0.3) is 0 Å². The van der Waals surface area contributed by atoms with Gasteiger partial charge in [-0.05, 0) is 35.2 Å². The highest BCUT2D eigenvalue weighted by atomic mass is 15.3. The molecule has 1 unspecified atom stereocenters. The van der Waals surface area contributed by atoms with Crippen molar-refractivity contribution in [3.8, 4) is 0 Å². The number of piperazine rings is 1. The minimum Gasteiger partial charge on any atom is -0.340 e. The largest absolute Gasteiger partial charge is 0.340 e. The van der Waals surface area contributed by atoms with Crippen molar-refractivity contribution in [2.24, 2.45) is 10.9 Å². The molecule has 0 radical (unpaired) electrons. The van der Waals surface area contributed by atoms with E-state index >= 15 is 0 Å². The van der Waals surface area contributed by atoms with Crippen LogP contribution < -0.4 is 15.5 Å². The van der Waals surface area contributed by atoms with Crippen LogP contribution in [0.1, 0.15) is 25.0 Å². The summed E-state index contributed by atoms with van der Waals surface area (Å²) >= 11 is 0. The Morgan fingerprint density at radius 2 is 2.20 bits per heavy atom. The number of nitrogens with zero attached hydrogens (tertiary/aromatic N) is 4. The van der Waals surface area contributed by atoms with E-state index in [1.807, 2.05) is 18.5 Å². The lowest BCUT2D eigenvalue weighted by molar-refractivity contribution is 0.366. The number of aliphatic imine (C=N–C) groups is 1. The van der Waals surface area contributed by atoms with Crippen LogP contribution in [0.15, 0.2) is 35.5 Å². The quantitative estimate of drug-likeness (QED) is 0.898. The molecule has 130 valence electrons. The second-order valence-corrected chi connectivity index (χ2v) is 7.00. The molecule has 0 bridgehead atoms. The van der Waals surface area contributed by atoms with Crippen molar-refractivity contribution in [1.29, 1.82) is 0 Å². The number of rotatable bonds is 4. The Labute approximate surface area is 148 Å². The molecule has 0 saturated carbocycles. The minimum absolute atomic E-state index is 0.477. The molecular weight excluding hydrogens is 312 g/mol. The SMILES string of the molecule is CC(C)C1CN(c2nccc(Nc3ccc4c(c3)C=NC4)n2)CCN1. The van der Waals surface area contributed by atoms with E-state index in [9.17, 15) is 0 Å². The monoisotopic (exact) mass is 336 g/mol. The van der Waals surface area contributed by atoms with E-state index in [0.717, 1.165) is 43.6 Å². The van der Waals surface area contributed by atoms with Crippen LogP contribution in [0.5, 0.6) is 0 Å². The molecule has 3 heterocycles. The molecule has 2 aliphatic rings. The van der Waals surface area contributed by atoms with Crippen molar-refractivity contribution < 1.29 is 0 Å². The van der Waals surface area contributed by atoms with Gasteiger partial charge in [0.1, 0.15) is 5.82 Å². The zero-order valence-corrected chi connectivity index (χ0v) is 14.7. The first-order valence-electron chi connectivity index (χ1n) is 8.90. The molecule has 1 saturated heterocycles. The Morgan fingerprint density at radius 1 is 1.28 bits per heavy atom. The fraction of sp³-hybridized carbons (Fsp3) is 0.421. The second-order valence-electron chi connectivity index (χ2n) is 7.00. The summed E-state index contributed by atoms with van der Waals surface area (Å²) in [7, 11) is 0. The van der Waals surface area contributed by atoms with Gasteiger partial charge in [-0.3, -0.25) is 4.99 Å². The van der Waals surface area contributed by atoms with Crippen LogP contribution in [0.25, 0.3) is 0 Å². The average molecular weight is 336 g/mol. The van der Waals surface area contributed by atoms with Crippen molar-refractivity contribution >= 4 is 23.7 Å². The van der Waals surface area contributed by atoms with Gasteiger partial charge in [0, 0.05) is 43.8 Å². The summed E-state index contributed by atoms with van der Waals surface area (Å²) in [5, 5.41) is 6.96. The molecule has 25 heavy (non-hydrogen) atoms. The van der Waals surface area contributed by atoms with Crippen LogP contribution in [0, 0.1) is 5.92 Å². The molecule has 1 aromatic carbocycles. The van der Waals surface area contributed by atoms with E-state index in [0.29, 0.717) is 12.0 Å². The normalized spacial score (nSPS) is 19.3. The van der Waals surface area contributed by atoms with E-state index in [1.54, 1.807) is 0 Å². The third-order valence-corrected chi connectivity index (χ3v) is 4.85. The highest BCUT2D eigenvalue weighted by Gasteiger charge is 2.23. The molecule has 1 fully saturated rings. The van der Waals surface area contributed by atoms with Gasteiger partial charge in [-0.25, -0.2) is 4.98 Å². The molecule has 2 aliphatic heterocycles. The van der Waals surface area contributed by atoms with Gasteiger partial charge in [-0.15, -0.1) is 0 Å². The van der Waals surface area contributed by atoms with Gasteiger partial charge in [-0.2, -0.15) is 4.98 Å². The van der Waals surface area contributed by atoms with Crippen molar-refractivity contribution in [2.75, 3.05) is 29.9 Å². The van der Waals surface area contributed by atoms with Crippen LogP contribution in [-0.4, -0.2) is 41.9 Å². The van der Waals surface area contributed by atoms with Crippen LogP contribution in [0.3, 0.4) is 0 Å². The maximum absolute atomic E-state index is 4.72. The molecular formula is C19H24N6. The van der Waals surface area contributed by atoms with Crippen molar-refractivity contribution in [1.82, 2.24) is 15.3 Å². The number of hydrogen-bond acceptors (Lipinski definition) is 6. The van der Waals surface area contributed by atoms with E-state index in [1.165, 1.54) is 11.1 Å². The highest BCUT2D eigenvalue weighted by Crippen LogP contribution is 2.23. The van der Waals surface area contributed by atoms with Gasteiger partial charge < -0.3 is 15.5 Å². The molecule has 2 aromatic rings. The van der Waals surface area contributed by atoms with E-state index in [2.05, 4.69) is 57.6 Å². The Bertz CT molecular complexity index is 785. The first-order valence-corrected chi connectivity index (χ1v) is 8.90. The zero-order chi connectivity index (χ0) is 17.2. The molecule has 4 rings (SSSR count). The number of anilines is 3. The van der Waals surface area contributed by atoms with E-state index in [4.69, 9.17) is 4.98 Å². The second kappa shape index (κ2) is 6.80. The van der Waals surface area contributed by atoms with Crippen LogP contribution in [0.4, 0.5) is 17.5 Å². The number of hydrogen-bond donors (Lipinski definition) is 2. The smallest absolute Gasteiger partial charge is 0.227 e. The van der Waals surface area contributed by atoms with Crippen molar-refractivity contribution in [3.05, 3.63) is 41.6 Å². The number of fused-ring (bicyclic) bond motifs is 1. The lowest BCUT2D eigenvalue weighted by Gasteiger charge is -2.35. The third kappa shape index (κ3) is 3.49. The molecule has 6 heteroatoms. The number of aromatic nitrogens is 2. The Kier molecular flexibility index (Phi) is 4.36. The lowest BCUT2D eigenvalue weighted by atomic mass is 10.0. The van der Waals surface area contributed by atoms with E-state index in [-0.39, 0.29) is 0 Å². The molecule has 0 aliphatic carbocycles. The minimum atomic E-state index is 0.477. The molecule has 6 nitrogen and oxygen atoms in total. The van der Waals surface area contributed by atoms with Gasteiger partial charge in [0.15, 0.2) is 0 Å². The van der Waals surface area contributed by atoms with Crippen LogP contribution in [0.2, 0.25) is 0 Å². The highest BCUT2D eigenvalue weighted by molar-refractivity contribution is 5.86. The molecule has 0 spiro atoms. The summed E-state index contributed by atoms with van der Waals surface area (Å²) in [4.78, 5) is 15.8. The van der Waals surface area contributed by atoms with Gasteiger partial charge in [0.05, 0.1) is 6.54 Å². The Hall–Kier alpha value is -2.47. The van der Waals surface area contributed by atoms with Gasteiger partial charge in [0.2, 0.25) is 5.95 Å². The predicted molar refractivity (Wildman–Crippen MR) is 102 cm³/mol. The van der Waals surface area contributed by atoms with Gasteiger partial charge >= 0.3 is 0 Å². The first kappa shape index (κ1) is 16.0. The molecule has 2 N–H and O–H groups in total. The molecule has 1 aromatic heterocycles. The maximum atomic E-state index is 4.72. The Balaban J connectivity index is 1.50. The van der Waals surface area contributed by atoms with Crippen molar-refractivity contribution in [2.45, 2.75) is 26.4 Å². The molecule has 1 atom stereocenters. The summed E-state index contributed by atoms with van der Waals surface area (Å²) in [5.41, 5.74) is 3.48. The molecule has 0 amide bonds. The summed E-state index contributed by atoms with van der Waals surface area (Å²) in [6.07, 6.45) is 3.75. The van der Waals surface area contributed by atoms with Crippen LogP contribution >= 0.6 is 0 Å². The summed E-state index contributed by atoms with van der Waals surface area (Å²) < 4.78 is 0. The maximum Gasteiger partial charge on any atom is 0.227 e. The first-order chi connectivity index (χ1) is 12.2. The number of nitrogens with one attached hydrogen (secondary N) is 2. The topological polar surface area (TPSA) is 65.4 Å². The van der Waals surface area contributed by atoms with E-state index < -0.39 is 0 Å². The summed E-state index contributed by atoms with van der Waals surface area (Å²) in [6.45, 7) is 8.12. The lowest BCUT2D eigenvalue weighted by Crippen LogP contribution is -2.53. The fourth-order valence-corrected chi connectivity index (χ4v) is 3.30. The average Bonchev–Trinajstić information content (AvgIpc) is 3.10. The zero-order valence-electron chi connectivity index (χ0n) is 14.7.